The zero-order chi connectivity index (χ0) is 13.7. The van der Waals surface area contributed by atoms with Gasteiger partial charge in [0.05, 0.1) is 23.5 Å². The van der Waals surface area contributed by atoms with E-state index in [-0.39, 0.29) is 29.7 Å². The Morgan fingerprint density at radius 2 is 2.06 bits per heavy atom. The fourth-order valence-electron chi connectivity index (χ4n) is 1.49. The van der Waals surface area contributed by atoms with E-state index in [0.717, 1.165) is 0 Å². The second-order valence-corrected chi connectivity index (χ2v) is 4.15. The van der Waals surface area contributed by atoms with E-state index in [0.29, 0.717) is 5.69 Å². The molecule has 0 aliphatic carbocycles. The molecule has 0 saturated carbocycles. The average molecular weight is 251 g/mol. The lowest BCUT2D eigenvalue weighted by molar-refractivity contribution is -0.119. The molecule has 0 spiro atoms. The summed E-state index contributed by atoms with van der Waals surface area (Å²) in [5.74, 6) is -1.31. The molecule has 1 amide bonds. The molecule has 0 aromatic heterocycles. The third-order valence-corrected chi connectivity index (χ3v) is 2.20. The quantitative estimate of drug-likeness (QED) is 0.582. The molecule has 0 unspecified atom stereocenters. The number of aromatic carboxylic acids is 1. The summed E-state index contributed by atoms with van der Waals surface area (Å²) in [6.07, 6.45) is 0. The van der Waals surface area contributed by atoms with E-state index in [1.54, 1.807) is 12.1 Å². The topological polar surface area (TPSA) is 104 Å². The Labute approximate surface area is 105 Å². The molecular weight excluding hydrogens is 234 g/mol. The van der Waals surface area contributed by atoms with Crippen molar-refractivity contribution < 1.29 is 14.7 Å². The summed E-state index contributed by atoms with van der Waals surface area (Å²) in [7, 11) is 0. The Morgan fingerprint density at radius 1 is 1.39 bits per heavy atom. The third kappa shape index (κ3) is 3.65. The minimum absolute atomic E-state index is 0.0212. The summed E-state index contributed by atoms with van der Waals surface area (Å²) in [6.45, 7) is 3.67. The summed E-state index contributed by atoms with van der Waals surface area (Å²) in [5, 5.41) is 14.4. The van der Waals surface area contributed by atoms with Crippen LogP contribution in [0.1, 0.15) is 24.2 Å². The van der Waals surface area contributed by atoms with Gasteiger partial charge in [-0.05, 0) is 26.0 Å². The van der Waals surface area contributed by atoms with Gasteiger partial charge in [0, 0.05) is 6.04 Å². The molecule has 0 heterocycles. The predicted octanol–water partition coefficient (Wildman–Crippen LogP) is 0.903. The molecule has 98 valence electrons. The minimum Gasteiger partial charge on any atom is -0.478 e. The second-order valence-electron chi connectivity index (χ2n) is 4.15. The molecule has 0 aliphatic rings. The summed E-state index contributed by atoms with van der Waals surface area (Å²) < 4.78 is 0. The Balaban J connectivity index is 2.78. The van der Waals surface area contributed by atoms with Crippen molar-refractivity contribution in [3.8, 4) is 0 Å². The molecule has 1 aromatic rings. The van der Waals surface area contributed by atoms with Crippen molar-refractivity contribution in [2.45, 2.75) is 19.9 Å². The van der Waals surface area contributed by atoms with Crippen LogP contribution in [-0.4, -0.2) is 29.6 Å². The first kappa shape index (κ1) is 13.8. The lowest BCUT2D eigenvalue weighted by atomic mass is 10.1. The van der Waals surface area contributed by atoms with Gasteiger partial charge in [-0.1, -0.05) is 6.07 Å². The molecule has 1 rings (SSSR count). The van der Waals surface area contributed by atoms with Crippen LogP contribution in [0.2, 0.25) is 0 Å². The number of para-hydroxylation sites is 1. The second kappa shape index (κ2) is 5.90. The maximum atomic E-state index is 11.5. The molecule has 6 heteroatoms. The van der Waals surface area contributed by atoms with Crippen LogP contribution in [0.15, 0.2) is 18.2 Å². The zero-order valence-electron chi connectivity index (χ0n) is 10.4. The van der Waals surface area contributed by atoms with Gasteiger partial charge in [0.2, 0.25) is 5.91 Å². The van der Waals surface area contributed by atoms with Crippen molar-refractivity contribution in [3.05, 3.63) is 23.8 Å². The third-order valence-electron chi connectivity index (χ3n) is 2.20. The number of hydrogen-bond donors (Lipinski definition) is 4. The van der Waals surface area contributed by atoms with Crippen molar-refractivity contribution in [1.82, 2.24) is 5.32 Å². The molecule has 5 N–H and O–H groups in total. The Kier molecular flexibility index (Phi) is 4.53. The highest BCUT2D eigenvalue weighted by atomic mass is 16.4. The predicted molar refractivity (Wildman–Crippen MR) is 69.6 cm³/mol. The number of carboxylic acid groups (broad SMARTS) is 1. The first-order valence-corrected chi connectivity index (χ1v) is 5.57. The molecule has 0 saturated heterocycles. The van der Waals surface area contributed by atoms with Crippen LogP contribution in [0.25, 0.3) is 0 Å². The van der Waals surface area contributed by atoms with Gasteiger partial charge < -0.3 is 21.5 Å². The Morgan fingerprint density at radius 3 is 2.61 bits per heavy atom. The first-order valence-electron chi connectivity index (χ1n) is 5.57. The van der Waals surface area contributed by atoms with E-state index in [2.05, 4.69) is 10.6 Å². The molecule has 1 aromatic carbocycles. The number of carbonyl (C=O) groups excluding carboxylic acids is 1. The number of hydrogen-bond acceptors (Lipinski definition) is 4. The van der Waals surface area contributed by atoms with Gasteiger partial charge in [-0.15, -0.1) is 0 Å². The SMILES string of the molecule is CC(C)NC(=O)CNc1c(N)cccc1C(=O)O. The van der Waals surface area contributed by atoms with Gasteiger partial charge in [0.25, 0.3) is 0 Å². The number of benzene rings is 1. The Hall–Kier alpha value is -2.24. The van der Waals surface area contributed by atoms with E-state index in [1.165, 1.54) is 6.07 Å². The zero-order valence-corrected chi connectivity index (χ0v) is 10.4. The fourth-order valence-corrected chi connectivity index (χ4v) is 1.49. The van der Waals surface area contributed by atoms with E-state index in [4.69, 9.17) is 10.8 Å². The van der Waals surface area contributed by atoms with Gasteiger partial charge in [-0.2, -0.15) is 0 Å². The van der Waals surface area contributed by atoms with Gasteiger partial charge >= 0.3 is 5.97 Å². The summed E-state index contributed by atoms with van der Waals surface area (Å²) in [6, 6.07) is 4.60. The molecule has 0 fully saturated rings. The van der Waals surface area contributed by atoms with Crippen LogP contribution in [0.5, 0.6) is 0 Å². The molecule has 6 nitrogen and oxygen atoms in total. The summed E-state index contributed by atoms with van der Waals surface area (Å²) in [5.41, 5.74) is 6.30. The van der Waals surface area contributed by atoms with E-state index in [9.17, 15) is 9.59 Å². The van der Waals surface area contributed by atoms with Crippen LogP contribution < -0.4 is 16.4 Å². The Bertz CT molecular complexity index is 458. The van der Waals surface area contributed by atoms with Crippen LogP contribution in [0.3, 0.4) is 0 Å². The number of rotatable bonds is 5. The minimum atomic E-state index is -1.09. The number of carboxylic acids is 1. The average Bonchev–Trinajstić information content (AvgIpc) is 2.25. The number of amides is 1. The monoisotopic (exact) mass is 251 g/mol. The van der Waals surface area contributed by atoms with Crippen molar-refractivity contribution in [2.24, 2.45) is 0 Å². The van der Waals surface area contributed by atoms with Gasteiger partial charge in [-0.25, -0.2) is 4.79 Å². The van der Waals surface area contributed by atoms with Gasteiger partial charge in [0.15, 0.2) is 0 Å². The summed E-state index contributed by atoms with van der Waals surface area (Å²) >= 11 is 0. The highest BCUT2D eigenvalue weighted by Crippen LogP contribution is 2.23. The van der Waals surface area contributed by atoms with Crippen molar-refractivity contribution >= 4 is 23.3 Å². The standard InChI is InChI=1S/C12H17N3O3/c1-7(2)15-10(16)6-14-11-8(12(17)18)4-3-5-9(11)13/h3-5,7,14H,6,13H2,1-2H3,(H,15,16)(H,17,18). The largest absolute Gasteiger partial charge is 0.478 e. The fraction of sp³-hybridized carbons (Fsp3) is 0.333. The van der Waals surface area contributed by atoms with Crippen LogP contribution in [0.4, 0.5) is 11.4 Å². The molecule has 0 bridgehead atoms. The lowest BCUT2D eigenvalue weighted by Crippen LogP contribution is -2.35. The van der Waals surface area contributed by atoms with E-state index >= 15 is 0 Å². The lowest BCUT2D eigenvalue weighted by Gasteiger charge is -2.13. The van der Waals surface area contributed by atoms with Crippen molar-refractivity contribution in [1.29, 1.82) is 0 Å². The highest BCUT2D eigenvalue weighted by Gasteiger charge is 2.13. The van der Waals surface area contributed by atoms with Crippen molar-refractivity contribution in [3.63, 3.8) is 0 Å². The molecular formula is C12H17N3O3. The number of carbonyl (C=O) groups is 2. The maximum Gasteiger partial charge on any atom is 0.337 e. The molecule has 0 aliphatic heterocycles. The van der Waals surface area contributed by atoms with Gasteiger partial charge in [-0.3, -0.25) is 4.79 Å². The smallest absolute Gasteiger partial charge is 0.337 e. The van der Waals surface area contributed by atoms with Crippen LogP contribution >= 0.6 is 0 Å². The molecule has 0 radical (unpaired) electrons. The first-order chi connectivity index (χ1) is 8.41. The number of nitrogens with one attached hydrogen (secondary N) is 2. The molecule has 18 heavy (non-hydrogen) atoms. The van der Waals surface area contributed by atoms with Crippen molar-refractivity contribution in [2.75, 3.05) is 17.6 Å². The van der Waals surface area contributed by atoms with E-state index < -0.39 is 5.97 Å². The van der Waals surface area contributed by atoms with Crippen LogP contribution in [-0.2, 0) is 4.79 Å². The number of nitrogens with two attached hydrogens (primary N) is 1. The van der Waals surface area contributed by atoms with Crippen LogP contribution in [0, 0.1) is 0 Å². The highest BCUT2D eigenvalue weighted by molar-refractivity contribution is 5.98. The number of nitrogen functional groups attached to an aromatic ring is 1. The maximum absolute atomic E-state index is 11.5. The van der Waals surface area contributed by atoms with E-state index in [1.807, 2.05) is 13.8 Å². The summed E-state index contributed by atoms with van der Waals surface area (Å²) in [4.78, 5) is 22.5. The number of anilines is 2. The normalized spacial score (nSPS) is 10.2. The molecule has 0 atom stereocenters. The van der Waals surface area contributed by atoms with Gasteiger partial charge in [0.1, 0.15) is 0 Å².